The molecule has 1 aliphatic heterocycles. The highest BCUT2D eigenvalue weighted by Crippen LogP contribution is 2.24. The van der Waals surface area contributed by atoms with Crippen molar-refractivity contribution >= 4 is 11.2 Å². The Balaban J connectivity index is 1.61. The minimum atomic E-state index is -0.537. The van der Waals surface area contributed by atoms with Gasteiger partial charge in [0.2, 0.25) is 5.95 Å². The SMILES string of the molecule is Cc1ccc2c(n1)n(C1CCN(Cc3cccc(F)n3)CC1)c(=O)c(=O)n2C. The van der Waals surface area contributed by atoms with Crippen LogP contribution in [0.3, 0.4) is 0 Å². The number of halogens is 1. The van der Waals surface area contributed by atoms with Crippen LogP contribution in [0.15, 0.2) is 39.9 Å². The second-order valence-corrected chi connectivity index (χ2v) is 7.29. The molecule has 0 spiro atoms. The van der Waals surface area contributed by atoms with Gasteiger partial charge in [-0.05, 0) is 44.0 Å². The van der Waals surface area contributed by atoms with Gasteiger partial charge >= 0.3 is 11.1 Å². The molecule has 1 aliphatic rings. The molecule has 1 saturated heterocycles. The van der Waals surface area contributed by atoms with Crippen LogP contribution < -0.4 is 11.1 Å². The van der Waals surface area contributed by atoms with Crippen molar-refractivity contribution in [3.63, 3.8) is 0 Å². The fourth-order valence-corrected chi connectivity index (χ4v) is 3.87. The number of nitrogens with zero attached hydrogens (tertiary/aromatic N) is 5. The van der Waals surface area contributed by atoms with Crippen LogP contribution in [0.4, 0.5) is 4.39 Å². The fraction of sp³-hybridized carbons (Fsp3) is 0.400. The third-order valence-corrected chi connectivity index (χ3v) is 5.37. The van der Waals surface area contributed by atoms with Crippen LogP contribution in [-0.2, 0) is 13.6 Å². The molecular formula is C20H22FN5O2. The van der Waals surface area contributed by atoms with Crippen molar-refractivity contribution in [2.24, 2.45) is 7.05 Å². The Morgan fingerprint density at radius 1 is 1.07 bits per heavy atom. The molecule has 7 nitrogen and oxygen atoms in total. The number of aromatic nitrogens is 4. The molecule has 0 radical (unpaired) electrons. The average molecular weight is 383 g/mol. The Morgan fingerprint density at radius 3 is 2.54 bits per heavy atom. The number of likely N-dealkylation sites (tertiary alicyclic amines) is 1. The van der Waals surface area contributed by atoms with E-state index in [1.54, 1.807) is 23.7 Å². The van der Waals surface area contributed by atoms with Crippen molar-refractivity contribution in [2.75, 3.05) is 13.1 Å². The third kappa shape index (κ3) is 3.35. The van der Waals surface area contributed by atoms with Crippen LogP contribution in [-0.4, -0.2) is 37.1 Å². The lowest BCUT2D eigenvalue weighted by molar-refractivity contribution is 0.177. The Morgan fingerprint density at radius 2 is 1.82 bits per heavy atom. The standard InChI is InChI=1S/C20H22FN5O2/c1-13-6-7-16-18(22-13)26(20(28)19(27)24(16)2)15-8-10-25(11-9-15)12-14-4-3-5-17(21)23-14/h3-7,15H,8-12H2,1-2H3. The molecule has 0 unspecified atom stereocenters. The maximum Gasteiger partial charge on any atom is 0.318 e. The molecule has 0 saturated carbocycles. The molecule has 0 atom stereocenters. The van der Waals surface area contributed by atoms with Crippen molar-refractivity contribution in [2.45, 2.75) is 32.4 Å². The van der Waals surface area contributed by atoms with E-state index in [9.17, 15) is 14.0 Å². The lowest BCUT2D eigenvalue weighted by Gasteiger charge is -2.33. The molecule has 3 aromatic heterocycles. The Labute approximate surface area is 161 Å². The number of piperidine rings is 1. The summed E-state index contributed by atoms with van der Waals surface area (Å²) >= 11 is 0. The second kappa shape index (κ2) is 7.27. The first-order chi connectivity index (χ1) is 13.4. The lowest BCUT2D eigenvalue weighted by Crippen LogP contribution is -2.45. The number of aryl methyl sites for hydroxylation is 2. The van der Waals surface area contributed by atoms with Gasteiger partial charge in [-0.25, -0.2) is 9.97 Å². The van der Waals surface area contributed by atoms with Crippen molar-refractivity contribution < 1.29 is 4.39 Å². The molecular weight excluding hydrogens is 361 g/mol. The minimum absolute atomic E-state index is 0.0880. The van der Waals surface area contributed by atoms with E-state index in [0.29, 0.717) is 36.2 Å². The van der Waals surface area contributed by atoms with Gasteiger partial charge in [0.1, 0.15) is 0 Å². The lowest BCUT2D eigenvalue weighted by atomic mass is 10.0. The molecule has 3 aromatic rings. The summed E-state index contributed by atoms with van der Waals surface area (Å²) < 4.78 is 16.2. The summed E-state index contributed by atoms with van der Waals surface area (Å²) in [5.41, 5.74) is 1.63. The largest absolute Gasteiger partial charge is 0.318 e. The smallest absolute Gasteiger partial charge is 0.304 e. The van der Waals surface area contributed by atoms with E-state index in [1.807, 2.05) is 19.1 Å². The van der Waals surface area contributed by atoms with E-state index in [-0.39, 0.29) is 6.04 Å². The molecule has 4 heterocycles. The fourth-order valence-electron chi connectivity index (χ4n) is 3.87. The number of hydrogen-bond acceptors (Lipinski definition) is 5. The molecule has 28 heavy (non-hydrogen) atoms. The quantitative estimate of drug-likeness (QED) is 0.509. The van der Waals surface area contributed by atoms with Crippen molar-refractivity contribution in [1.29, 1.82) is 0 Å². The molecule has 0 aromatic carbocycles. The topological polar surface area (TPSA) is 73.0 Å². The molecule has 0 aliphatic carbocycles. The first kappa shape index (κ1) is 18.5. The highest BCUT2D eigenvalue weighted by molar-refractivity contribution is 5.71. The molecule has 0 amide bonds. The average Bonchev–Trinajstić information content (AvgIpc) is 2.68. The summed E-state index contributed by atoms with van der Waals surface area (Å²) in [5.74, 6) is -0.480. The molecule has 0 N–H and O–H groups in total. The monoisotopic (exact) mass is 383 g/mol. The summed E-state index contributed by atoms with van der Waals surface area (Å²) in [4.78, 5) is 35.8. The molecule has 0 bridgehead atoms. The first-order valence-corrected chi connectivity index (χ1v) is 9.36. The van der Waals surface area contributed by atoms with Crippen LogP contribution in [0.25, 0.3) is 11.2 Å². The van der Waals surface area contributed by atoms with E-state index in [2.05, 4.69) is 14.9 Å². The summed E-state index contributed by atoms with van der Waals surface area (Å²) in [6.45, 7) is 3.90. The zero-order chi connectivity index (χ0) is 19.8. The maximum atomic E-state index is 13.3. The van der Waals surface area contributed by atoms with Gasteiger partial charge in [-0.3, -0.25) is 19.1 Å². The van der Waals surface area contributed by atoms with Gasteiger partial charge in [0, 0.05) is 38.4 Å². The van der Waals surface area contributed by atoms with E-state index in [0.717, 1.165) is 18.8 Å². The highest BCUT2D eigenvalue weighted by atomic mass is 19.1. The molecule has 4 rings (SSSR count). The van der Waals surface area contributed by atoms with Crippen LogP contribution >= 0.6 is 0 Å². The summed E-state index contributed by atoms with van der Waals surface area (Å²) in [7, 11) is 1.60. The highest BCUT2D eigenvalue weighted by Gasteiger charge is 2.25. The van der Waals surface area contributed by atoms with Gasteiger partial charge in [0.05, 0.1) is 11.2 Å². The number of hydrogen-bond donors (Lipinski definition) is 0. The molecule has 146 valence electrons. The van der Waals surface area contributed by atoms with Crippen LogP contribution in [0.1, 0.15) is 30.3 Å². The number of fused-ring (bicyclic) bond motifs is 1. The minimum Gasteiger partial charge on any atom is -0.304 e. The number of pyridine rings is 2. The predicted molar refractivity (Wildman–Crippen MR) is 104 cm³/mol. The van der Waals surface area contributed by atoms with Gasteiger partial charge < -0.3 is 4.57 Å². The van der Waals surface area contributed by atoms with Crippen LogP contribution in [0, 0.1) is 12.9 Å². The molecule has 1 fully saturated rings. The van der Waals surface area contributed by atoms with Crippen molar-refractivity contribution in [3.8, 4) is 0 Å². The Bertz CT molecular complexity index is 1150. The summed E-state index contributed by atoms with van der Waals surface area (Å²) in [5, 5.41) is 0. The van der Waals surface area contributed by atoms with Crippen LogP contribution in [0.5, 0.6) is 0 Å². The van der Waals surface area contributed by atoms with E-state index in [4.69, 9.17) is 0 Å². The van der Waals surface area contributed by atoms with Crippen LogP contribution in [0.2, 0.25) is 0 Å². The summed E-state index contributed by atoms with van der Waals surface area (Å²) in [6.07, 6.45) is 1.43. The van der Waals surface area contributed by atoms with Crippen molar-refractivity contribution in [1.82, 2.24) is 24.0 Å². The Hall–Kier alpha value is -2.87. The normalized spacial score (nSPS) is 16.0. The first-order valence-electron chi connectivity index (χ1n) is 9.36. The summed E-state index contributed by atoms with van der Waals surface area (Å²) in [6, 6.07) is 8.38. The Kier molecular flexibility index (Phi) is 4.80. The maximum absolute atomic E-state index is 13.3. The predicted octanol–water partition coefficient (Wildman–Crippen LogP) is 1.77. The van der Waals surface area contributed by atoms with Gasteiger partial charge in [0.25, 0.3) is 0 Å². The third-order valence-electron chi connectivity index (χ3n) is 5.37. The van der Waals surface area contributed by atoms with Gasteiger partial charge in [-0.15, -0.1) is 0 Å². The number of rotatable bonds is 3. The second-order valence-electron chi connectivity index (χ2n) is 7.29. The zero-order valence-electron chi connectivity index (χ0n) is 15.9. The van der Waals surface area contributed by atoms with E-state index < -0.39 is 17.1 Å². The van der Waals surface area contributed by atoms with Gasteiger partial charge in [-0.1, -0.05) is 6.07 Å². The van der Waals surface area contributed by atoms with Crippen molar-refractivity contribution in [3.05, 3.63) is 68.4 Å². The molecule has 8 heteroatoms. The van der Waals surface area contributed by atoms with E-state index in [1.165, 1.54) is 10.6 Å². The zero-order valence-corrected chi connectivity index (χ0v) is 15.9. The van der Waals surface area contributed by atoms with E-state index >= 15 is 0 Å². The van der Waals surface area contributed by atoms with Gasteiger partial charge in [0.15, 0.2) is 5.65 Å². The van der Waals surface area contributed by atoms with Gasteiger partial charge in [-0.2, -0.15) is 4.39 Å².